The number of ether oxygens (including phenoxy) is 1. The lowest BCUT2D eigenvalue weighted by molar-refractivity contribution is -0.123. The number of hydrogen-bond donors (Lipinski definition) is 1. The number of para-hydroxylation sites is 1. The minimum absolute atomic E-state index is 0.0571. The van der Waals surface area contributed by atoms with E-state index in [-0.39, 0.29) is 11.8 Å². The van der Waals surface area contributed by atoms with Gasteiger partial charge in [0.25, 0.3) is 0 Å². The van der Waals surface area contributed by atoms with Gasteiger partial charge in [-0.25, -0.2) is 0 Å². The molecule has 150 valence electrons. The third-order valence-corrected chi connectivity index (χ3v) is 5.31. The summed E-state index contributed by atoms with van der Waals surface area (Å²) in [7, 11) is 1.93. The van der Waals surface area contributed by atoms with Gasteiger partial charge < -0.3 is 10.5 Å². The standard InChI is InChI=1S/C23H26N4O2/c1-26-14-19(16-27-13-5-6-18(15-27)23(24)28)22(25-26)17-9-11-21(12-10-17)29-20-7-3-2-4-8-20/h2-4,7-12,14,18H,5-6,13,15-16H2,1H3,(H2,24,28)/t18-/m0/s1. The van der Waals surface area contributed by atoms with Crippen molar-refractivity contribution < 1.29 is 9.53 Å². The summed E-state index contributed by atoms with van der Waals surface area (Å²) in [4.78, 5) is 13.9. The number of hydrogen-bond acceptors (Lipinski definition) is 4. The molecule has 0 aliphatic carbocycles. The number of likely N-dealkylation sites (tertiary alicyclic amines) is 1. The first-order valence-electron chi connectivity index (χ1n) is 9.96. The van der Waals surface area contributed by atoms with Gasteiger partial charge in [-0.05, 0) is 55.8 Å². The molecule has 1 amide bonds. The Morgan fingerprint density at radius 3 is 2.59 bits per heavy atom. The summed E-state index contributed by atoms with van der Waals surface area (Å²) in [6.45, 7) is 2.45. The highest BCUT2D eigenvalue weighted by Crippen LogP contribution is 2.28. The van der Waals surface area contributed by atoms with Crippen LogP contribution in [0.25, 0.3) is 11.3 Å². The molecule has 1 aliphatic heterocycles. The van der Waals surface area contributed by atoms with Gasteiger partial charge in [0.2, 0.25) is 5.91 Å². The maximum atomic E-state index is 11.6. The summed E-state index contributed by atoms with van der Waals surface area (Å²) in [5.74, 6) is 1.35. The van der Waals surface area contributed by atoms with Gasteiger partial charge in [-0.15, -0.1) is 0 Å². The smallest absolute Gasteiger partial charge is 0.221 e. The van der Waals surface area contributed by atoms with Crippen molar-refractivity contribution in [1.29, 1.82) is 0 Å². The topological polar surface area (TPSA) is 73.4 Å². The van der Waals surface area contributed by atoms with E-state index >= 15 is 0 Å². The molecule has 2 N–H and O–H groups in total. The lowest BCUT2D eigenvalue weighted by atomic mass is 9.97. The zero-order chi connectivity index (χ0) is 20.2. The van der Waals surface area contributed by atoms with Crippen LogP contribution in [0.3, 0.4) is 0 Å². The van der Waals surface area contributed by atoms with Crippen LogP contribution in [0.15, 0.2) is 60.8 Å². The van der Waals surface area contributed by atoms with Crippen LogP contribution in [0.1, 0.15) is 18.4 Å². The fraction of sp³-hybridized carbons (Fsp3) is 0.304. The summed E-state index contributed by atoms with van der Waals surface area (Å²) in [5, 5.41) is 4.67. The van der Waals surface area contributed by atoms with Gasteiger partial charge >= 0.3 is 0 Å². The van der Waals surface area contributed by atoms with Crippen molar-refractivity contribution in [2.24, 2.45) is 18.7 Å². The van der Waals surface area contributed by atoms with Crippen LogP contribution in [-0.2, 0) is 18.4 Å². The molecule has 3 aromatic rings. The number of amides is 1. The SMILES string of the molecule is Cn1cc(CN2CCC[C@H](C(N)=O)C2)c(-c2ccc(Oc3ccccc3)cc2)n1. The molecule has 1 saturated heterocycles. The van der Waals surface area contributed by atoms with Crippen molar-refractivity contribution in [3.8, 4) is 22.8 Å². The van der Waals surface area contributed by atoms with E-state index < -0.39 is 0 Å². The molecule has 6 nitrogen and oxygen atoms in total. The summed E-state index contributed by atoms with van der Waals surface area (Å²) >= 11 is 0. The van der Waals surface area contributed by atoms with Crippen molar-refractivity contribution in [1.82, 2.24) is 14.7 Å². The molecule has 6 heteroatoms. The van der Waals surface area contributed by atoms with E-state index in [1.807, 2.05) is 66.3 Å². The van der Waals surface area contributed by atoms with Gasteiger partial charge in [-0.1, -0.05) is 18.2 Å². The number of nitrogens with zero attached hydrogens (tertiary/aromatic N) is 3. The van der Waals surface area contributed by atoms with Crippen molar-refractivity contribution in [2.75, 3.05) is 13.1 Å². The summed E-state index contributed by atoms with van der Waals surface area (Å²) < 4.78 is 7.72. The van der Waals surface area contributed by atoms with Gasteiger partial charge in [0.05, 0.1) is 11.6 Å². The maximum Gasteiger partial charge on any atom is 0.221 e. The minimum Gasteiger partial charge on any atom is -0.457 e. The lowest BCUT2D eigenvalue weighted by Crippen LogP contribution is -2.40. The molecule has 1 fully saturated rings. The molecule has 0 radical (unpaired) electrons. The van der Waals surface area contributed by atoms with E-state index in [1.165, 1.54) is 0 Å². The molecule has 0 unspecified atom stereocenters. The third-order valence-electron chi connectivity index (χ3n) is 5.31. The van der Waals surface area contributed by atoms with Crippen LogP contribution in [0.5, 0.6) is 11.5 Å². The van der Waals surface area contributed by atoms with Crippen LogP contribution in [0.4, 0.5) is 0 Å². The Morgan fingerprint density at radius 1 is 1.14 bits per heavy atom. The van der Waals surface area contributed by atoms with Crippen LogP contribution in [0.2, 0.25) is 0 Å². The lowest BCUT2D eigenvalue weighted by Gasteiger charge is -2.31. The molecule has 2 aromatic carbocycles. The predicted molar refractivity (Wildman–Crippen MR) is 112 cm³/mol. The normalized spacial score (nSPS) is 17.2. The van der Waals surface area contributed by atoms with E-state index in [4.69, 9.17) is 10.5 Å². The molecule has 1 atom stereocenters. The third kappa shape index (κ3) is 4.66. The predicted octanol–water partition coefficient (Wildman–Crippen LogP) is 3.58. The number of nitrogens with two attached hydrogens (primary N) is 1. The number of rotatable bonds is 6. The Balaban J connectivity index is 1.50. The van der Waals surface area contributed by atoms with Crippen molar-refractivity contribution in [2.45, 2.75) is 19.4 Å². The Bertz CT molecular complexity index is 966. The molecular formula is C23H26N4O2. The first kappa shape index (κ1) is 19.2. The molecule has 4 rings (SSSR count). The number of carbonyl (C=O) groups is 1. The van der Waals surface area contributed by atoms with E-state index in [2.05, 4.69) is 16.2 Å². The Labute approximate surface area is 170 Å². The molecule has 1 aliphatic rings. The number of aryl methyl sites for hydroxylation is 1. The Kier molecular flexibility index (Phi) is 5.62. The van der Waals surface area contributed by atoms with Crippen molar-refractivity contribution in [3.63, 3.8) is 0 Å². The van der Waals surface area contributed by atoms with Crippen LogP contribution < -0.4 is 10.5 Å². The number of piperidine rings is 1. The molecule has 29 heavy (non-hydrogen) atoms. The van der Waals surface area contributed by atoms with E-state index in [9.17, 15) is 4.79 Å². The van der Waals surface area contributed by atoms with Crippen molar-refractivity contribution >= 4 is 5.91 Å². The van der Waals surface area contributed by atoms with Gasteiger partial charge in [-0.3, -0.25) is 14.4 Å². The number of benzene rings is 2. The molecule has 0 saturated carbocycles. The number of primary amides is 1. The average Bonchev–Trinajstić information content (AvgIpc) is 3.09. The van der Waals surface area contributed by atoms with Gasteiger partial charge in [0.1, 0.15) is 11.5 Å². The highest BCUT2D eigenvalue weighted by atomic mass is 16.5. The Hall–Kier alpha value is -3.12. The summed E-state index contributed by atoms with van der Waals surface area (Å²) in [5.41, 5.74) is 8.67. The Morgan fingerprint density at radius 2 is 1.86 bits per heavy atom. The highest BCUT2D eigenvalue weighted by Gasteiger charge is 2.25. The summed E-state index contributed by atoms with van der Waals surface area (Å²) in [6, 6.07) is 17.7. The average molecular weight is 390 g/mol. The number of aromatic nitrogens is 2. The van der Waals surface area contributed by atoms with Crippen LogP contribution in [0, 0.1) is 5.92 Å². The first-order chi connectivity index (χ1) is 14.1. The second-order valence-electron chi connectivity index (χ2n) is 7.59. The second kappa shape index (κ2) is 8.49. The number of carbonyl (C=O) groups excluding carboxylic acids is 1. The molecule has 1 aromatic heterocycles. The molecule has 2 heterocycles. The van der Waals surface area contributed by atoms with Crippen molar-refractivity contribution in [3.05, 3.63) is 66.4 Å². The van der Waals surface area contributed by atoms with Gasteiger partial charge in [0, 0.05) is 37.5 Å². The maximum absolute atomic E-state index is 11.6. The van der Waals surface area contributed by atoms with Crippen LogP contribution >= 0.6 is 0 Å². The molecular weight excluding hydrogens is 364 g/mol. The highest BCUT2D eigenvalue weighted by molar-refractivity contribution is 5.77. The van der Waals surface area contributed by atoms with E-state index in [1.54, 1.807) is 0 Å². The van der Waals surface area contributed by atoms with Gasteiger partial charge in [-0.2, -0.15) is 5.10 Å². The zero-order valence-corrected chi connectivity index (χ0v) is 16.6. The fourth-order valence-electron chi connectivity index (χ4n) is 3.87. The minimum atomic E-state index is -0.199. The quantitative estimate of drug-likeness (QED) is 0.698. The molecule has 0 bridgehead atoms. The second-order valence-corrected chi connectivity index (χ2v) is 7.59. The van der Waals surface area contributed by atoms with Crippen LogP contribution in [-0.4, -0.2) is 33.7 Å². The monoisotopic (exact) mass is 390 g/mol. The molecule has 0 spiro atoms. The van der Waals surface area contributed by atoms with E-state index in [0.29, 0.717) is 6.54 Å². The largest absolute Gasteiger partial charge is 0.457 e. The fourth-order valence-corrected chi connectivity index (χ4v) is 3.87. The van der Waals surface area contributed by atoms with E-state index in [0.717, 1.165) is 54.3 Å². The first-order valence-corrected chi connectivity index (χ1v) is 9.96. The summed E-state index contributed by atoms with van der Waals surface area (Å²) in [6.07, 6.45) is 3.93. The van der Waals surface area contributed by atoms with Gasteiger partial charge in [0.15, 0.2) is 0 Å². The zero-order valence-electron chi connectivity index (χ0n) is 16.6.